The van der Waals surface area contributed by atoms with Crippen LogP contribution in [0.2, 0.25) is 10.0 Å². The monoisotopic (exact) mass is 313 g/mol. The van der Waals surface area contributed by atoms with Crippen LogP contribution < -0.4 is 5.73 Å². The van der Waals surface area contributed by atoms with E-state index in [4.69, 9.17) is 28.9 Å². The lowest BCUT2D eigenvalue weighted by atomic mass is 9.58. The fourth-order valence-corrected chi connectivity index (χ4v) is 4.24. The number of hydrogen-bond acceptors (Lipinski definition) is 2. The van der Waals surface area contributed by atoms with E-state index >= 15 is 0 Å². The lowest BCUT2D eigenvalue weighted by molar-refractivity contribution is -0.0165. The van der Waals surface area contributed by atoms with Gasteiger partial charge in [0.05, 0.1) is 16.1 Å². The van der Waals surface area contributed by atoms with E-state index < -0.39 is 0 Å². The Kier molecular flexibility index (Phi) is 4.02. The van der Waals surface area contributed by atoms with Gasteiger partial charge in [0.1, 0.15) is 0 Å². The van der Waals surface area contributed by atoms with Crippen molar-refractivity contribution in [1.82, 2.24) is 0 Å². The van der Waals surface area contributed by atoms with Crippen molar-refractivity contribution in [3.63, 3.8) is 0 Å². The minimum atomic E-state index is -0.369. The van der Waals surface area contributed by atoms with E-state index in [1.807, 2.05) is 18.2 Å². The summed E-state index contributed by atoms with van der Waals surface area (Å²) in [6.07, 6.45) is 5.99. The molecular weight excluding hydrogens is 293 g/mol. The normalized spacial score (nSPS) is 30.0. The zero-order valence-corrected chi connectivity index (χ0v) is 13.0. The van der Waals surface area contributed by atoms with Gasteiger partial charge in [-0.15, -0.1) is 0 Å². The Morgan fingerprint density at radius 2 is 1.90 bits per heavy atom. The van der Waals surface area contributed by atoms with Crippen LogP contribution in [0, 0.1) is 5.92 Å². The number of halogens is 2. The van der Waals surface area contributed by atoms with Crippen molar-refractivity contribution < 1.29 is 5.11 Å². The highest BCUT2D eigenvalue weighted by molar-refractivity contribution is 6.42. The molecule has 0 radical (unpaired) electrons. The van der Waals surface area contributed by atoms with Gasteiger partial charge in [0.2, 0.25) is 0 Å². The number of rotatable bonds is 3. The van der Waals surface area contributed by atoms with Gasteiger partial charge in [-0.2, -0.15) is 0 Å². The zero-order chi connectivity index (χ0) is 14.3. The third kappa shape index (κ3) is 2.27. The Labute approximate surface area is 130 Å². The predicted octanol–water partition coefficient (Wildman–Crippen LogP) is 3.90. The van der Waals surface area contributed by atoms with Gasteiger partial charge >= 0.3 is 0 Å². The summed E-state index contributed by atoms with van der Waals surface area (Å²) < 4.78 is 0. The first-order chi connectivity index (χ1) is 9.54. The average Bonchev–Trinajstić information content (AvgIpc) is 2.78. The Hall–Kier alpha value is -0.280. The number of hydrogen-bond donors (Lipinski definition) is 2. The van der Waals surface area contributed by atoms with E-state index in [0.717, 1.165) is 44.1 Å². The SMILES string of the molecule is N[C@H]1CCC[C@@H]1C(O)C1(c2ccc(Cl)c(Cl)c2)CCC1. The van der Waals surface area contributed by atoms with Crippen LogP contribution in [-0.4, -0.2) is 17.3 Å². The van der Waals surface area contributed by atoms with Crippen molar-refractivity contribution >= 4 is 23.2 Å². The summed E-state index contributed by atoms with van der Waals surface area (Å²) >= 11 is 12.2. The maximum Gasteiger partial charge on any atom is 0.0679 e. The van der Waals surface area contributed by atoms with Gasteiger partial charge in [-0.05, 0) is 43.4 Å². The molecule has 0 spiro atoms. The smallest absolute Gasteiger partial charge is 0.0679 e. The fourth-order valence-electron chi connectivity index (χ4n) is 3.94. The number of nitrogens with two attached hydrogens (primary N) is 1. The molecule has 0 aliphatic heterocycles. The molecule has 0 heterocycles. The molecule has 3 N–H and O–H groups in total. The molecule has 0 amide bonds. The Bertz CT molecular complexity index is 501. The lowest BCUT2D eigenvalue weighted by Crippen LogP contribution is -2.52. The highest BCUT2D eigenvalue weighted by Gasteiger charge is 2.49. The summed E-state index contributed by atoms with van der Waals surface area (Å²) in [7, 11) is 0. The number of aliphatic hydroxyl groups excluding tert-OH is 1. The van der Waals surface area contributed by atoms with Gasteiger partial charge in [-0.3, -0.25) is 0 Å². The van der Waals surface area contributed by atoms with E-state index in [2.05, 4.69) is 0 Å². The Morgan fingerprint density at radius 3 is 2.40 bits per heavy atom. The highest BCUT2D eigenvalue weighted by atomic mass is 35.5. The topological polar surface area (TPSA) is 46.2 Å². The van der Waals surface area contributed by atoms with Crippen LogP contribution in [0.1, 0.15) is 44.1 Å². The molecule has 0 aromatic heterocycles. The maximum absolute atomic E-state index is 10.9. The third-order valence-electron chi connectivity index (χ3n) is 5.34. The van der Waals surface area contributed by atoms with Crippen LogP contribution in [0.25, 0.3) is 0 Å². The minimum absolute atomic E-state index is 0.130. The van der Waals surface area contributed by atoms with E-state index in [-0.39, 0.29) is 23.5 Å². The van der Waals surface area contributed by atoms with Gasteiger partial charge in [0.15, 0.2) is 0 Å². The first-order valence-corrected chi connectivity index (χ1v) is 8.19. The average molecular weight is 314 g/mol. The Morgan fingerprint density at radius 1 is 1.15 bits per heavy atom. The van der Waals surface area contributed by atoms with Crippen LogP contribution in [0.5, 0.6) is 0 Å². The molecule has 20 heavy (non-hydrogen) atoms. The first kappa shape index (κ1) is 14.6. The predicted molar refractivity (Wildman–Crippen MR) is 83.3 cm³/mol. The van der Waals surface area contributed by atoms with Crippen molar-refractivity contribution in [2.45, 2.75) is 56.1 Å². The molecule has 2 saturated carbocycles. The maximum atomic E-state index is 10.9. The molecule has 1 aromatic rings. The summed E-state index contributed by atoms with van der Waals surface area (Å²) in [5.41, 5.74) is 7.13. The lowest BCUT2D eigenvalue weighted by Gasteiger charge is -2.49. The fraction of sp³-hybridized carbons (Fsp3) is 0.625. The van der Waals surface area contributed by atoms with E-state index in [9.17, 15) is 5.11 Å². The second kappa shape index (κ2) is 5.49. The van der Waals surface area contributed by atoms with Gasteiger partial charge in [-0.1, -0.05) is 42.1 Å². The number of benzene rings is 1. The first-order valence-electron chi connectivity index (χ1n) is 7.44. The second-order valence-electron chi connectivity index (χ2n) is 6.34. The van der Waals surface area contributed by atoms with Gasteiger partial charge in [-0.25, -0.2) is 0 Å². The molecule has 3 atom stereocenters. The Balaban J connectivity index is 1.92. The molecule has 2 nitrogen and oxygen atoms in total. The quantitative estimate of drug-likeness (QED) is 0.889. The van der Waals surface area contributed by atoms with Crippen molar-refractivity contribution in [3.05, 3.63) is 33.8 Å². The van der Waals surface area contributed by atoms with Crippen molar-refractivity contribution in [1.29, 1.82) is 0 Å². The summed E-state index contributed by atoms with van der Waals surface area (Å²) in [6.45, 7) is 0. The van der Waals surface area contributed by atoms with Crippen LogP contribution in [0.3, 0.4) is 0 Å². The molecule has 4 heteroatoms. The van der Waals surface area contributed by atoms with Gasteiger partial charge < -0.3 is 10.8 Å². The largest absolute Gasteiger partial charge is 0.392 e. The molecule has 2 aliphatic rings. The summed E-state index contributed by atoms with van der Waals surface area (Å²) in [5.74, 6) is 0.213. The highest BCUT2D eigenvalue weighted by Crippen LogP contribution is 2.51. The van der Waals surface area contributed by atoms with E-state index in [1.165, 1.54) is 0 Å². The van der Waals surface area contributed by atoms with Crippen molar-refractivity contribution in [2.24, 2.45) is 11.7 Å². The minimum Gasteiger partial charge on any atom is -0.392 e. The molecule has 1 unspecified atom stereocenters. The van der Waals surface area contributed by atoms with Gasteiger partial charge in [0, 0.05) is 17.4 Å². The van der Waals surface area contributed by atoms with Gasteiger partial charge in [0.25, 0.3) is 0 Å². The zero-order valence-electron chi connectivity index (χ0n) is 11.5. The molecule has 110 valence electrons. The molecule has 2 fully saturated rings. The standard InChI is InChI=1S/C16H21Cl2NO/c17-12-6-5-10(9-13(12)18)16(7-2-8-16)15(20)11-3-1-4-14(11)19/h5-6,9,11,14-15,20H,1-4,7-8,19H2/t11-,14-,15?/m0/s1. The number of aliphatic hydroxyl groups is 1. The van der Waals surface area contributed by atoms with Crippen LogP contribution in [-0.2, 0) is 5.41 Å². The van der Waals surface area contributed by atoms with Crippen LogP contribution >= 0.6 is 23.2 Å². The van der Waals surface area contributed by atoms with Crippen LogP contribution in [0.4, 0.5) is 0 Å². The summed E-state index contributed by atoms with van der Waals surface area (Å²) in [6, 6.07) is 5.90. The second-order valence-corrected chi connectivity index (χ2v) is 7.16. The summed E-state index contributed by atoms with van der Waals surface area (Å²) in [4.78, 5) is 0. The van der Waals surface area contributed by atoms with Crippen molar-refractivity contribution in [3.8, 4) is 0 Å². The molecular formula is C16H21Cl2NO. The summed E-state index contributed by atoms with van der Waals surface area (Å²) in [5, 5.41) is 12.1. The molecule has 0 saturated heterocycles. The van der Waals surface area contributed by atoms with E-state index in [0.29, 0.717) is 10.0 Å². The molecule has 2 aliphatic carbocycles. The van der Waals surface area contributed by atoms with Crippen LogP contribution in [0.15, 0.2) is 18.2 Å². The molecule has 0 bridgehead atoms. The molecule has 3 rings (SSSR count). The third-order valence-corrected chi connectivity index (χ3v) is 6.08. The molecule has 1 aromatic carbocycles. The van der Waals surface area contributed by atoms with Crippen molar-refractivity contribution in [2.75, 3.05) is 0 Å². The van der Waals surface area contributed by atoms with E-state index in [1.54, 1.807) is 0 Å².